The smallest absolute Gasteiger partial charge is 0.371 e. The first-order chi connectivity index (χ1) is 7.97. The molecule has 0 unspecified atom stereocenters. The maximum absolute atomic E-state index is 11.7. The summed E-state index contributed by atoms with van der Waals surface area (Å²) in [5.41, 5.74) is 1.10. The Morgan fingerprint density at radius 3 is 2.41 bits per heavy atom. The standard InChI is InChI=1S/C11H13F3INO/c12-11(13,14)8-17-6-5-16-7-9-1-3-10(15)4-2-9/h1-4,16H,5-8H2. The Bertz CT molecular complexity index is 326. The maximum atomic E-state index is 11.7. The fourth-order valence-corrected chi connectivity index (χ4v) is 1.53. The van der Waals surface area contributed by atoms with Gasteiger partial charge >= 0.3 is 6.18 Å². The number of nitrogens with one attached hydrogen (secondary N) is 1. The van der Waals surface area contributed by atoms with Crippen LogP contribution in [0.25, 0.3) is 0 Å². The summed E-state index contributed by atoms with van der Waals surface area (Å²) < 4.78 is 40.8. The third kappa shape index (κ3) is 7.56. The monoisotopic (exact) mass is 359 g/mol. The van der Waals surface area contributed by atoms with Crippen molar-refractivity contribution in [2.45, 2.75) is 12.7 Å². The van der Waals surface area contributed by atoms with E-state index in [1.807, 2.05) is 24.3 Å². The summed E-state index contributed by atoms with van der Waals surface area (Å²) in [6, 6.07) is 7.92. The highest BCUT2D eigenvalue weighted by atomic mass is 127. The van der Waals surface area contributed by atoms with Crippen LogP contribution in [0, 0.1) is 3.57 Å². The van der Waals surface area contributed by atoms with Crippen LogP contribution in [-0.4, -0.2) is 25.9 Å². The van der Waals surface area contributed by atoms with Crippen LogP contribution in [0.2, 0.25) is 0 Å². The zero-order valence-electron chi connectivity index (χ0n) is 9.06. The van der Waals surface area contributed by atoms with Gasteiger partial charge in [-0.25, -0.2) is 0 Å². The molecule has 0 radical (unpaired) electrons. The van der Waals surface area contributed by atoms with Gasteiger partial charge in [-0.1, -0.05) is 12.1 Å². The van der Waals surface area contributed by atoms with Gasteiger partial charge < -0.3 is 10.1 Å². The molecule has 0 aromatic heterocycles. The molecule has 96 valence electrons. The average Bonchev–Trinajstić information content (AvgIpc) is 2.24. The van der Waals surface area contributed by atoms with Crippen molar-refractivity contribution < 1.29 is 17.9 Å². The van der Waals surface area contributed by atoms with E-state index in [9.17, 15) is 13.2 Å². The Morgan fingerprint density at radius 1 is 1.18 bits per heavy atom. The minimum absolute atomic E-state index is 0.0594. The number of benzene rings is 1. The van der Waals surface area contributed by atoms with Gasteiger partial charge in [0, 0.05) is 16.7 Å². The molecule has 0 aliphatic carbocycles. The second kappa shape index (κ2) is 7.17. The number of hydrogen-bond donors (Lipinski definition) is 1. The lowest BCUT2D eigenvalue weighted by Gasteiger charge is -2.08. The number of rotatable bonds is 6. The minimum Gasteiger partial charge on any atom is -0.371 e. The van der Waals surface area contributed by atoms with Gasteiger partial charge in [-0.15, -0.1) is 0 Å². The van der Waals surface area contributed by atoms with Crippen LogP contribution in [0.1, 0.15) is 5.56 Å². The highest BCUT2D eigenvalue weighted by Crippen LogP contribution is 2.13. The van der Waals surface area contributed by atoms with Crippen molar-refractivity contribution in [3.63, 3.8) is 0 Å². The molecule has 1 N–H and O–H groups in total. The van der Waals surface area contributed by atoms with Crippen LogP contribution in [0.15, 0.2) is 24.3 Å². The molecule has 17 heavy (non-hydrogen) atoms. The molecule has 0 bridgehead atoms. The summed E-state index contributed by atoms with van der Waals surface area (Å²) in [6.07, 6.45) is -4.24. The van der Waals surface area contributed by atoms with Gasteiger partial charge in [0.2, 0.25) is 0 Å². The quantitative estimate of drug-likeness (QED) is 0.623. The van der Waals surface area contributed by atoms with Crippen molar-refractivity contribution in [1.82, 2.24) is 5.32 Å². The van der Waals surface area contributed by atoms with E-state index in [1.54, 1.807) is 0 Å². The molecule has 0 aliphatic rings. The van der Waals surface area contributed by atoms with Gasteiger partial charge in [0.05, 0.1) is 6.61 Å². The van der Waals surface area contributed by atoms with E-state index >= 15 is 0 Å². The van der Waals surface area contributed by atoms with Crippen LogP contribution >= 0.6 is 22.6 Å². The molecule has 1 rings (SSSR count). The molecule has 1 aromatic carbocycles. The summed E-state index contributed by atoms with van der Waals surface area (Å²) in [7, 11) is 0. The lowest BCUT2D eigenvalue weighted by molar-refractivity contribution is -0.173. The van der Waals surface area contributed by atoms with Gasteiger partial charge in [0.1, 0.15) is 6.61 Å². The van der Waals surface area contributed by atoms with Crippen LogP contribution in [0.5, 0.6) is 0 Å². The second-order valence-electron chi connectivity index (χ2n) is 3.47. The van der Waals surface area contributed by atoms with Gasteiger partial charge in [-0.3, -0.25) is 0 Å². The van der Waals surface area contributed by atoms with Crippen molar-refractivity contribution in [2.24, 2.45) is 0 Å². The topological polar surface area (TPSA) is 21.3 Å². The summed E-state index contributed by atoms with van der Waals surface area (Å²) in [4.78, 5) is 0. The van der Waals surface area contributed by atoms with Crippen LogP contribution in [-0.2, 0) is 11.3 Å². The molecule has 1 aromatic rings. The summed E-state index contributed by atoms with van der Waals surface area (Å²) >= 11 is 2.21. The summed E-state index contributed by atoms with van der Waals surface area (Å²) in [5.74, 6) is 0. The van der Waals surface area contributed by atoms with Crippen molar-refractivity contribution in [3.05, 3.63) is 33.4 Å². The molecule has 2 nitrogen and oxygen atoms in total. The van der Waals surface area contributed by atoms with E-state index < -0.39 is 12.8 Å². The number of hydrogen-bond acceptors (Lipinski definition) is 2. The molecule has 0 spiro atoms. The van der Waals surface area contributed by atoms with Gasteiger partial charge in [-0.2, -0.15) is 13.2 Å². The third-order valence-electron chi connectivity index (χ3n) is 1.93. The van der Waals surface area contributed by atoms with Crippen molar-refractivity contribution in [3.8, 4) is 0 Å². The molecule has 0 saturated carbocycles. The molecular weight excluding hydrogens is 346 g/mol. The van der Waals surface area contributed by atoms with E-state index in [0.29, 0.717) is 13.1 Å². The first kappa shape index (κ1) is 14.7. The minimum atomic E-state index is -4.24. The molecular formula is C11H13F3INO. The number of halogens is 4. The largest absolute Gasteiger partial charge is 0.411 e. The predicted octanol–water partition coefficient (Wildman–Crippen LogP) is 2.96. The second-order valence-corrected chi connectivity index (χ2v) is 4.72. The van der Waals surface area contributed by atoms with Gasteiger partial charge in [0.15, 0.2) is 0 Å². The Balaban J connectivity index is 2.07. The molecule has 0 saturated heterocycles. The van der Waals surface area contributed by atoms with Crippen molar-refractivity contribution in [2.75, 3.05) is 19.8 Å². The highest BCUT2D eigenvalue weighted by molar-refractivity contribution is 14.1. The molecule has 0 heterocycles. The maximum Gasteiger partial charge on any atom is 0.411 e. The van der Waals surface area contributed by atoms with Crippen LogP contribution in [0.3, 0.4) is 0 Å². The van der Waals surface area contributed by atoms with Gasteiger partial charge in [-0.05, 0) is 40.3 Å². The van der Waals surface area contributed by atoms with E-state index in [-0.39, 0.29) is 6.61 Å². The summed E-state index contributed by atoms with van der Waals surface area (Å²) in [6.45, 7) is -0.0869. The van der Waals surface area contributed by atoms with E-state index in [2.05, 4.69) is 32.6 Å². The number of ether oxygens (including phenoxy) is 1. The third-order valence-corrected chi connectivity index (χ3v) is 2.65. The first-order valence-corrected chi connectivity index (χ1v) is 6.15. The lowest BCUT2D eigenvalue weighted by Crippen LogP contribution is -2.23. The molecule has 6 heteroatoms. The van der Waals surface area contributed by atoms with Crippen molar-refractivity contribution >= 4 is 22.6 Å². The first-order valence-electron chi connectivity index (χ1n) is 5.07. The predicted molar refractivity (Wildman–Crippen MR) is 67.7 cm³/mol. The van der Waals surface area contributed by atoms with Crippen LogP contribution in [0.4, 0.5) is 13.2 Å². The van der Waals surface area contributed by atoms with Crippen molar-refractivity contribution in [1.29, 1.82) is 0 Å². The fourth-order valence-electron chi connectivity index (χ4n) is 1.17. The Kier molecular flexibility index (Phi) is 6.21. The Hall–Kier alpha value is -0.340. The Labute approximate surface area is 112 Å². The van der Waals surface area contributed by atoms with E-state index in [0.717, 1.165) is 9.13 Å². The zero-order chi connectivity index (χ0) is 12.7. The van der Waals surface area contributed by atoms with E-state index in [1.165, 1.54) is 0 Å². The Morgan fingerprint density at radius 2 is 1.82 bits per heavy atom. The fraction of sp³-hybridized carbons (Fsp3) is 0.455. The zero-order valence-corrected chi connectivity index (χ0v) is 11.2. The lowest BCUT2D eigenvalue weighted by atomic mass is 10.2. The molecule has 0 amide bonds. The van der Waals surface area contributed by atoms with E-state index in [4.69, 9.17) is 0 Å². The highest BCUT2D eigenvalue weighted by Gasteiger charge is 2.27. The summed E-state index contributed by atoms with van der Waals surface area (Å²) in [5, 5.41) is 3.01. The number of alkyl halides is 3. The SMILES string of the molecule is FC(F)(F)COCCNCc1ccc(I)cc1. The van der Waals surface area contributed by atoms with Gasteiger partial charge in [0.25, 0.3) is 0 Å². The molecule has 0 fully saturated rings. The molecule has 0 aliphatic heterocycles. The molecule has 0 atom stereocenters. The average molecular weight is 359 g/mol. The normalized spacial score (nSPS) is 11.8. The van der Waals surface area contributed by atoms with Crippen LogP contribution < -0.4 is 5.32 Å².